The van der Waals surface area contributed by atoms with E-state index in [0.29, 0.717) is 13.1 Å². The number of alkyl halides is 3. The highest BCUT2D eigenvalue weighted by atomic mass is 19.4. The van der Waals surface area contributed by atoms with Crippen LogP contribution in [0, 0.1) is 5.92 Å². The van der Waals surface area contributed by atoms with Crippen LogP contribution in [-0.4, -0.2) is 29.5 Å². The van der Waals surface area contributed by atoms with E-state index in [-0.39, 0.29) is 12.8 Å². The molecule has 0 spiro atoms. The van der Waals surface area contributed by atoms with Crippen LogP contribution in [0.4, 0.5) is 19.0 Å². The molecule has 0 unspecified atom stereocenters. The maximum atomic E-state index is 12.6. The lowest BCUT2D eigenvalue weighted by Gasteiger charge is -2.33. The molecule has 0 amide bonds. The molecule has 3 nitrogen and oxygen atoms in total. The fourth-order valence-corrected chi connectivity index (χ4v) is 3.07. The van der Waals surface area contributed by atoms with Crippen molar-refractivity contribution in [2.45, 2.75) is 44.7 Å². The van der Waals surface area contributed by atoms with Gasteiger partial charge in [-0.2, -0.15) is 18.3 Å². The Morgan fingerprint density at radius 1 is 1.05 bits per heavy atom. The minimum Gasteiger partial charge on any atom is -0.355 e. The summed E-state index contributed by atoms with van der Waals surface area (Å²) >= 11 is 0. The Labute approximate surface area is 116 Å². The van der Waals surface area contributed by atoms with Crippen molar-refractivity contribution in [2.75, 3.05) is 18.0 Å². The van der Waals surface area contributed by atoms with Crippen LogP contribution < -0.4 is 4.90 Å². The van der Waals surface area contributed by atoms with Crippen LogP contribution in [0.2, 0.25) is 0 Å². The van der Waals surface area contributed by atoms with Gasteiger partial charge in [0, 0.05) is 13.1 Å². The molecule has 110 valence electrons. The van der Waals surface area contributed by atoms with E-state index in [1.54, 1.807) is 0 Å². The van der Waals surface area contributed by atoms with Gasteiger partial charge in [-0.3, -0.25) is 0 Å². The summed E-state index contributed by atoms with van der Waals surface area (Å²) in [7, 11) is 0. The average Bonchev–Trinajstić information content (AvgIpc) is 2.46. The summed E-state index contributed by atoms with van der Waals surface area (Å²) in [5, 5.41) is 8.45. The van der Waals surface area contributed by atoms with Crippen LogP contribution in [0.5, 0.6) is 0 Å². The molecule has 3 rings (SSSR count). The molecule has 20 heavy (non-hydrogen) atoms. The Morgan fingerprint density at radius 3 is 2.45 bits per heavy atom. The summed E-state index contributed by atoms with van der Waals surface area (Å²) in [6, 6.07) is 2.02. The number of fused-ring (bicyclic) bond motifs is 1. The van der Waals surface area contributed by atoms with Crippen molar-refractivity contribution >= 4 is 5.82 Å². The molecule has 0 atom stereocenters. The average molecular weight is 285 g/mol. The third-order valence-corrected chi connectivity index (χ3v) is 4.34. The maximum absolute atomic E-state index is 12.6. The molecule has 2 heterocycles. The Morgan fingerprint density at radius 2 is 1.75 bits per heavy atom. The third-order valence-electron chi connectivity index (χ3n) is 4.34. The van der Waals surface area contributed by atoms with Gasteiger partial charge >= 0.3 is 6.18 Å². The van der Waals surface area contributed by atoms with Gasteiger partial charge in [0.25, 0.3) is 0 Å². The number of anilines is 1. The molecule has 0 aromatic carbocycles. The topological polar surface area (TPSA) is 29.0 Å². The van der Waals surface area contributed by atoms with Crippen molar-refractivity contribution in [2.24, 2.45) is 5.92 Å². The minimum absolute atomic E-state index is 0.155. The van der Waals surface area contributed by atoms with E-state index >= 15 is 0 Å². The van der Waals surface area contributed by atoms with E-state index in [0.717, 1.165) is 37.2 Å². The summed E-state index contributed by atoms with van der Waals surface area (Å²) in [5.41, 5.74) is 2.28. The van der Waals surface area contributed by atoms with Crippen molar-refractivity contribution < 1.29 is 13.2 Å². The first-order chi connectivity index (χ1) is 9.54. The Bertz CT molecular complexity index is 479. The SMILES string of the molecule is FC(F)(F)C1CCN(c2cc3c(nn2)CCCC3)CC1. The first kappa shape index (κ1) is 13.6. The number of hydrogen-bond donors (Lipinski definition) is 0. The number of piperidine rings is 1. The second-order valence-electron chi connectivity index (χ2n) is 5.68. The molecule has 0 saturated carbocycles. The summed E-state index contributed by atoms with van der Waals surface area (Å²) < 4.78 is 37.9. The fourth-order valence-electron chi connectivity index (χ4n) is 3.07. The van der Waals surface area contributed by atoms with Crippen LogP contribution in [-0.2, 0) is 12.8 Å². The van der Waals surface area contributed by atoms with Gasteiger partial charge in [0.1, 0.15) is 0 Å². The van der Waals surface area contributed by atoms with Crippen molar-refractivity contribution in [3.8, 4) is 0 Å². The number of halogens is 3. The van der Waals surface area contributed by atoms with Crippen LogP contribution in [0.3, 0.4) is 0 Å². The van der Waals surface area contributed by atoms with Crippen molar-refractivity contribution in [1.82, 2.24) is 10.2 Å². The minimum atomic E-state index is -4.06. The highest BCUT2D eigenvalue weighted by Crippen LogP contribution is 2.35. The lowest BCUT2D eigenvalue weighted by atomic mass is 9.95. The summed E-state index contributed by atoms with van der Waals surface area (Å²) in [5.74, 6) is -0.421. The summed E-state index contributed by atoms with van der Waals surface area (Å²) in [6.07, 6.45) is 0.542. The van der Waals surface area contributed by atoms with Gasteiger partial charge in [-0.05, 0) is 50.2 Å². The Kier molecular flexibility index (Phi) is 3.56. The molecule has 1 saturated heterocycles. The van der Waals surface area contributed by atoms with E-state index in [9.17, 15) is 13.2 Å². The molecule has 0 radical (unpaired) electrons. The van der Waals surface area contributed by atoms with Gasteiger partial charge in [0.15, 0.2) is 5.82 Å². The monoisotopic (exact) mass is 285 g/mol. The van der Waals surface area contributed by atoms with Gasteiger partial charge in [-0.1, -0.05) is 0 Å². The highest BCUT2D eigenvalue weighted by molar-refractivity contribution is 5.42. The molecule has 1 aromatic rings. The van der Waals surface area contributed by atoms with Gasteiger partial charge in [0.2, 0.25) is 0 Å². The summed E-state index contributed by atoms with van der Waals surface area (Å²) in [6.45, 7) is 0.829. The number of hydrogen-bond acceptors (Lipinski definition) is 3. The Hall–Kier alpha value is -1.33. The van der Waals surface area contributed by atoms with Crippen LogP contribution >= 0.6 is 0 Å². The molecule has 1 fully saturated rings. The molecule has 2 aliphatic rings. The van der Waals surface area contributed by atoms with E-state index in [1.165, 1.54) is 5.56 Å². The van der Waals surface area contributed by atoms with E-state index in [2.05, 4.69) is 10.2 Å². The quantitative estimate of drug-likeness (QED) is 0.794. The molecule has 1 aliphatic carbocycles. The zero-order valence-corrected chi connectivity index (χ0v) is 11.3. The zero-order chi connectivity index (χ0) is 14.2. The smallest absolute Gasteiger partial charge is 0.355 e. The molecular weight excluding hydrogens is 267 g/mol. The maximum Gasteiger partial charge on any atom is 0.391 e. The van der Waals surface area contributed by atoms with E-state index < -0.39 is 12.1 Å². The van der Waals surface area contributed by atoms with Gasteiger partial charge < -0.3 is 4.90 Å². The number of rotatable bonds is 1. The number of aromatic nitrogens is 2. The van der Waals surface area contributed by atoms with Gasteiger partial charge in [-0.25, -0.2) is 0 Å². The molecule has 6 heteroatoms. The highest BCUT2D eigenvalue weighted by Gasteiger charge is 2.41. The lowest BCUT2D eigenvalue weighted by Crippen LogP contribution is -2.39. The van der Waals surface area contributed by atoms with Gasteiger partial charge in [-0.15, -0.1) is 5.10 Å². The normalized spacial score (nSPS) is 20.9. The van der Waals surface area contributed by atoms with E-state index in [1.807, 2.05) is 11.0 Å². The predicted octanol–water partition coefficient (Wildman–Crippen LogP) is 3.13. The second kappa shape index (κ2) is 5.22. The lowest BCUT2D eigenvalue weighted by molar-refractivity contribution is -0.179. The number of aryl methyl sites for hydroxylation is 2. The molecular formula is C14H18F3N3. The summed E-state index contributed by atoms with van der Waals surface area (Å²) in [4.78, 5) is 1.93. The first-order valence-corrected chi connectivity index (χ1v) is 7.21. The van der Waals surface area contributed by atoms with Gasteiger partial charge in [0.05, 0.1) is 11.6 Å². The Balaban J connectivity index is 1.69. The molecule has 0 bridgehead atoms. The van der Waals surface area contributed by atoms with Crippen LogP contribution in [0.15, 0.2) is 6.07 Å². The molecule has 0 N–H and O–H groups in total. The van der Waals surface area contributed by atoms with Crippen molar-refractivity contribution in [3.05, 3.63) is 17.3 Å². The molecule has 1 aromatic heterocycles. The van der Waals surface area contributed by atoms with Crippen LogP contribution in [0.25, 0.3) is 0 Å². The standard InChI is InChI=1S/C14H18F3N3/c15-14(16,17)11-5-7-20(8-6-11)13-9-10-3-1-2-4-12(10)18-19-13/h9,11H,1-8H2. The predicted molar refractivity (Wildman–Crippen MR) is 69.7 cm³/mol. The van der Waals surface area contributed by atoms with Crippen molar-refractivity contribution in [1.29, 1.82) is 0 Å². The largest absolute Gasteiger partial charge is 0.391 e. The van der Waals surface area contributed by atoms with Crippen LogP contribution in [0.1, 0.15) is 36.9 Å². The molecule has 1 aliphatic heterocycles. The zero-order valence-electron chi connectivity index (χ0n) is 11.3. The second-order valence-corrected chi connectivity index (χ2v) is 5.68. The third kappa shape index (κ3) is 2.74. The first-order valence-electron chi connectivity index (χ1n) is 7.21. The number of nitrogens with zero attached hydrogens (tertiary/aromatic N) is 3. The van der Waals surface area contributed by atoms with E-state index in [4.69, 9.17) is 0 Å². The van der Waals surface area contributed by atoms with Crippen molar-refractivity contribution in [3.63, 3.8) is 0 Å². The fraction of sp³-hybridized carbons (Fsp3) is 0.714.